The summed E-state index contributed by atoms with van der Waals surface area (Å²) in [5.41, 5.74) is -0.904. The summed E-state index contributed by atoms with van der Waals surface area (Å²) in [6, 6.07) is -0.574. The number of carbonyl (C=O) groups excluding carboxylic acids is 4. The van der Waals surface area contributed by atoms with Gasteiger partial charge in [0, 0.05) is 6.04 Å². The summed E-state index contributed by atoms with van der Waals surface area (Å²) in [5, 5.41) is 5.57. The van der Waals surface area contributed by atoms with Crippen molar-refractivity contribution in [1.29, 1.82) is 0 Å². The summed E-state index contributed by atoms with van der Waals surface area (Å²) in [6.07, 6.45) is 5.18. The van der Waals surface area contributed by atoms with Crippen molar-refractivity contribution in [1.82, 2.24) is 15.5 Å². The highest BCUT2D eigenvalue weighted by Gasteiger charge is 2.55. The largest absolute Gasteiger partial charge is 0.454 e. The molecule has 0 radical (unpaired) electrons. The van der Waals surface area contributed by atoms with Crippen molar-refractivity contribution in [2.24, 2.45) is 11.8 Å². The van der Waals surface area contributed by atoms with Gasteiger partial charge in [0.2, 0.25) is 0 Å². The summed E-state index contributed by atoms with van der Waals surface area (Å²) in [6.45, 7) is 7.18. The number of carbonyl (C=O) groups is 4. The minimum absolute atomic E-state index is 0.00723. The van der Waals surface area contributed by atoms with Crippen LogP contribution in [0.1, 0.15) is 66.2 Å². The van der Waals surface area contributed by atoms with Gasteiger partial charge in [-0.2, -0.15) is 0 Å². The Balaban J connectivity index is 1.80. The predicted octanol–water partition coefficient (Wildman–Crippen LogP) is 1.97. The third kappa shape index (κ3) is 5.23. The van der Waals surface area contributed by atoms with E-state index < -0.39 is 30.7 Å². The van der Waals surface area contributed by atoms with E-state index in [1.165, 1.54) is 0 Å². The zero-order chi connectivity index (χ0) is 20.9. The number of nitrogens with zero attached hydrogens (tertiary/aromatic N) is 1. The molecular weight excluding hydrogens is 362 g/mol. The van der Waals surface area contributed by atoms with Gasteiger partial charge >= 0.3 is 12.0 Å². The molecule has 1 spiro atoms. The van der Waals surface area contributed by atoms with Crippen LogP contribution >= 0.6 is 0 Å². The molecule has 3 atom stereocenters. The van der Waals surface area contributed by atoms with Crippen LogP contribution in [0.15, 0.2) is 0 Å². The van der Waals surface area contributed by atoms with E-state index in [9.17, 15) is 19.2 Å². The standard InChI is InChI=1S/C20H33N3O5/c1-13(2)8-9-15(4)21-16(24)12-28-17(25)11-23-18(26)20(22-19(23)27)10-6-5-7-14(20)3/h13-15H,5-12H2,1-4H3,(H,21,24)(H,22,27)/t14-,15-,20-/m0/s1. The number of nitrogens with one attached hydrogen (secondary N) is 2. The molecule has 2 aliphatic rings. The Labute approximate surface area is 166 Å². The molecule has 1 saturated heterocycles. The molecule has 0 aromatic rings. The van der Waals surface area contributed by atoms with E-state index in [2.05, 4.69) is 24.5 Å². The topological polar surface area (TPSA) is 105 Å². The van der Waals surface area contributed by atoms with Crippen LogP contribution in [0.3, 0.4) is 0 Å². The van der Waals surface area contributed by atoms with Crippen molar-refractivity contribution < 1.29 is 23.9 Å². The van der Waals surface area contributed by atoms with Gasteiger partial charge in [0.1, 0.15) is 12.1 Å². The Morgan fingerprint density at radius 2 is 1.96 bits per heavy atom. The summed E-state index contributed by atoms with van der Waals surface area (Å²) < 4.78 is 4.97. The van der Waals surface area contributed by atoms with Crippen molar-refractivity contribution >= 4 is 23.8 Å². The Hall–Kier alpha value is -2.12. The lowest BCUT2D eigenvalue weighted by Gasteiger charge is -2.36. The van der Waals surface area contributed by atoms with E-state index in [1.807, 2.05) is 13.8 Å². The van der Waals surface area contributed by atoms with Crippen LogP contribution in [-0.4, -0.2) is 53.4 Å². The monoisotopic (exact) mass is 395 g/mol. The summed E-state index contributed by atoms with van der Waals surface area (Å²) >= 11 is 0. The van der Waals surface area contributed by atoms with Crippen molar-refractivity contribution in [2.45, 2.75) is 77.8 Å². The van der Waals surface area contributed by atoms with E-state index >= 15 is 0 Å². The highest BCUT2D eigenvalue weighted by Crippen LogP contribution is 2.38. The van der Waals surface area contributed by atoms with Gasteiger partial charge in [-0.15, -0.1) is 0 Å². The minimum Gasteiger partial charge on any atom is -0.454 e. The number of urea groups is 1. The highest BCUT2D eigenvalue weighted by molar-refractivity contribution is 6.09. The molecule has 2 fully saturated rings. The molecule has 1 aliphatic heterocycles. The fourth-order valence-corrected chi connectivity index (χ4v) is 3.93. The summed E-state index contributed by atoms with van der Waals surface area (Å²) in [7, 11) is 0. The van der Waals surface area contributed by atoms with E-state index in [-0.39, 0.29) is 23.8 Å². The van der Waals surface area contributed by atoms with Gasteiger partial charge in [0.05, 0.1) is 0 Å². The maximum atomic E-state index is 12.8. The number of esters is 1. The van der Waals surface area contributed by atoms with E-state index in [0.29, 0.717) is 12.3 Å². The molecule has 1 aliphatic carbocycles. The van der Waals surface area contributed by atoms with Gasteiger partial charge < -0.3 is 15.4 Å². The van der Waals surface area contributed by atoms with Crippen molar-refractivity contribution in [3.8, 4) is 0 Å². The Kier molecular flexibility index (Phi) is 7.43. The number of ether oxygens (including phenoxy) is 1. The second kappa shape index (κ2) is 9.39. The van der Waals surface area contributed by atoms with Gasteiger partial charge in [0.25, 0.3) is 11.8 Å². The van der Waals surface area contributed by atoms with Gasteiger partial charge in [-0.25, -0.2) is 4.79 Å². The Bertz CT molecular complexity index is 621. The van der Waals surface area contributed by atoms with Crippen LogP contribution < -0.4 is 10.6 Å². The van der Waals surface area contributed by atoms with Crippen LogP contribution in [0.2, 0.25) is 0 Å². The first-order valence-corrected chi connectivity index (χ1v) is 10.2. The summed E-state index contributed by atoms with van der Waals surface area (Å²) in [5.74, 6) is -0.949. The minimum atomic E-state index is -0.904. The quantitative estimate of drug-likeness (QED) is 0.483. The second-order valence-electron chi connectivity index (χ2n) is 8.54. The van der Waals surface area contributed by atoms with E-state index in [0.717, 1.165) is 37.0 Å². The predicted molar refractivity (Wildman–Crippen MR) is 103 cm³/mol. The van der Waals surface area contributed by atoms with Crippen LogP contribution in [0.5, 0.6) is 0 Å². The fourth-order valence-electron chi connectivity index (χ4n) is 3.93. The Morgan fingerprint density at radius 1 is 1.25 bits per heavy atom. The molecule has 1 saturated carbocycles. The first kappa shape index (κ1) is 22.2. The molecule has 2 N–H and O–H groups in total. The van der Waals surface area contributed by atoms with E-state index in [1.54, 1.807) is 0 Å². The maximum Gasteiger partial charge on any atom is 0.326 e. The highest BCUT2D eigenvalue weighted by atomic mass is 16.5. The third-order valence-corrected chi connectivity index (χ3v) is 5.74. The molecule has 0 aromatic heterocycles. The van der Waals surface area contributed by atoms with Crippen LogP contribution in [0.4, 0.5) is 4.79 Å². The molecule has 2 rings (SSSR count). The van der Waals surface area contributed by atoms with Gasteiger partial charge in [0.15, 0.2) is 6.61 Å². The molecule has 1 heterocycles. The first-order valence-electron chi connectivity index (χ1n) is 10.2. The number of hydrogen-bond acceptors (Lipinski definition) is 5. The third-order valence-electron chi connectivity index (χ3n) is 5.74. The fraction of sp³-hybridized carbons (Fsp3) is 0.800. The number of hydrogen-bond donors (Lipinski definition) is 2. The second-order valence-corrected chi connectivity index (χ2v) is 8.54. The average Bonchev–Trinajstić information content (AvgIpc) is 2.86. The molecule has 158 valence electrons. The molecule has 0 aromatic carbocycles. The van der Waals surface area contributed by atoms with Gasteiger partial charge in [-0.1, -0.05) is 33.6 Å². The van der Waals surface area contributed by atoms with Crippen molar-refractivity contribution in [3.05, 3.63) is 0 Å². The number of rotatable bonds is 8. The van der Waals surface area contributed by atoms with Crippen LogP contribution in [-0.2, 0) is 19.1 Å². The molecule has 8 heteroatoms. The molecule has 28 heavy (non-hydrogen) atoms. The van der Waals surface area contributed by atoms with Crippen molar-refractivity contribution in [2.75, 3.05) is 13.2 Å². The first-order chi connectivity index (χ1) is 13.2. The SMILES string of the molecule is CC(C)CC[C@H](C)NC(=O)COC(=O)CN1C(=O)N[C@]2(CCCC[C@@H]2C)C1=O. The van der Waals surface area contributed by atoms with E-state index in [4.69, 9.17) is 4.74 Å². The molecule has 8 nitrogen and oxygen atoms in total. The zero-order valence-corrected chi connectivity index (χ0v) is 17.4. The zero-order valence-electron chi connectivity index (χ0n) is 17.4. The molecule has 4 amide bonds. The normalized spacial score (nSPS) is 25.8. The van der Waals surface area contributed by atoms with Crippen LogP contribution in [0, 0.1) is 11.8 Å². The maximum absolute atomic E-state index is 12.8. The lowest BCUT2D eigenvalue weighted by Crippen LogP contribution is -2.54. The van der Waals surface area contributed by atoms with Gasteiger partial charge in [-0.3, -0.25) is 19.3 Å². The lowest BCUT2D eigenvalue weighted by atomic mass is 9.73. The molecule has 0 unspecified atom stereocenters. The van der Waals surface area contributed by atoms with Crippen molar-refractivity contribution in [3.63, 3.8) is 0 Å². The average molecular weight is 396 g/mol. The lowest BCUT2D eigenvalue weighted by molar-refractivity contribution is -0.151. The summed E-state index contributed by atoms with van der Waals surface area (Å²) in [4.78, 5) is 49.9. The Morgan fingerprint density at radius 3 is 2.61 bits per heavy atom. The van der Waals surface area contributed by atoms with Gasteiger partial charge in [-0.05, 0) is 44.4 Å². The molecular formula is C20H33N3O5. The molecule has 0 bridgehead atoms. The number of imide groups is 1. The number of amides is 4. The van der Waals surface area contributed by atoms with Crippen LogP contribution in [0.25, 0.3) is 0 Å². The smallest absolute Gasteiger partial charge is 0.326 e.